The van der Waals surface area contributed by atoms with Gasteiger partial charge in [0.15, 0.2) is 0 Å². The Bertz CT molecular complexity index is 178. The van der Waals surface area contributed by atoms with Gasteiger partial charge in [-0.15, -0.1) is 6.58 Å². The number of hydrogen-bond acceptors (Lipinski definition) is 3. The van der Waals surface area contributed by atoms with Crippen LogP contribution in [0.15, 0.2) is 12.7 Å². The van der Waals surface area contributed by atoms with Crippen LogP contribution >= 0.6 is 0 Å². The Morgan fingerprint density at radius 3 is 2.67 bits per heavy atom. The molecule has 0 aromatic carbocycles. The van der Waals surface area contributed by atoms with E-state index < -0.39 is 0 Å². The largest absolute Gasteiger partial charge is 0.466 e. The van der Waals surface area contributed by atoms with Crippen LogP contribution in [0, 0.1) is 0 Å². The van der Waals surface area contributed by atoms with E-state index in [1.165, 1.54) is 6.92 Å². The van der Waals surface area contributed by atoms with Gasteiger partial charge in [-0.2, -0.15) is 0 Å². The second-order valence-electron chi connectivity index (χ2n) is 3.72. The van der Waals surface area contributed by atoms with Crippen molar-refractivity contribution < 1.29 is 14.6 Å². The molecular weight excluding hydrogens is 192 g/mol. The lowest BCUT2D eigenvalue weighted by Crippen LogP contribution is -2.04. The van der Waals surface area contributed by atoms with Crippen LogP contribution in [0.5, 0.6) is 0 Å². The third-order valence-electron chi connectivity index (χ3n) is 2.18. The summed E-state index contributed by atoms with van der Waals surface area (Å²) in [7, 11) is 0. The third kappa shape index (κ3) is 11.1. The molecule has 0 aliphatic heterocycles. The van der Waals surface area contributed by atoms with E-state index in [-0.39, 0.29) is 12.1 Å². The van der Waals surface area contributed by atoms with Gasteiger partial charge in [0.25, 0.3) is 0 Å². The van der Waals surface area contributed by atoms with Crippen molar-refractivity contribution in [2.24, 2.45) is 0 Å². The molecule has 15 heavy (non-hydrogen) atoms. The molecule has 1 atom stereocenters. The number of esters is 1. The van der Waals surface area contributed by atoms with Crippen molar-refractivity contribution >= 4 is 5.97 Å². The van der Waals surface area contributed by atoms with Crippen LogP contribution in [-0.2, 0) is 9.53 Å². The summed E-state index contributed by atoms with van der Waals surface area (Å²) in [6.45, 7) is 5.52. The summed E-state index contributed by atoms with van der Waals surface area (Å²) in [5.74, 6) is -0.212. The van der Waals surface area contributed by atoms with Crippen LogP contribution in [0.4, 0.5) is 0 Å². The van der Waals surface area contributed by atoms with Gasteiger partial charge in [-0.25, -0.2) is 0 Å². The summed E-state index contributed by atoms with van der Waals surface area (Å²) >= 11 is 0. The van der Waals surface area contributed by atoms with Crippen molar-refractivity contribution in [2.75, 3.05) is 6.61 Å². The molecule has 0 radical (unpaired) electrons. The SMILES string of the molecule is C=CCC(O)CCCCCCOC(C)=O. The summed E-state index contributed by atoms with van der Waals surface area (Å²) < 4.78 is 4.81. The molecule has 0 fully saturated rings. The molecule has 0 aromatic rings. The van der Waals surface area contributed by atoms with Crippen molar-refractivity contribution in [3.63, 3.8) is 0 Å². The molecule has 0 saturated heterocycles. The van der Waals surface area contributed by atoms with E-state index >= 15 is 0 Å². The van der Waals surface area contributed by atoms with Crippen molar-refractivity contribution in [1.82, 2.24) is 0 Å². The first-order valence-corrected chi connectivity index (χ1v) is 5.59. The zero-order valence-electron chi connectivity index (χ0n) is 9.58. The average Bonchev–Trinajstić information content (AvgIpc) is 2.16. The van der Waals surface area contributed by atoms with Gasteiger partial charge in [0.2, 0.25) is 0 Å². The average molecular weight is 214 g/mol. The molecule has 1 unspecified atom stereocenters. The Labute approximate surface area is 92.1 Å². The Kier molecular flexibility index (Phi) is 9.18. The number of rotatable bonds is 9. The summed E-state index contributed by atoms with van der Waals surface area (Å²) in [6.07, 6.45) is 7.07. The van der Waals surface area contributed by atoms with Gasteiger partial charge >= 0.3 is 5.97 Å². The minimum Gasteiger partial charge on any atom is -0.466 e. The van der Waals surface area contributed by atoms with Crippen LogP contribution in [0.3, 0.4) is 0 Å². The molecule has 0 rings (SSSR count). The summed E-state index contributed by atoms with van der Waals surface area (Å²) in [5, 5.41) is 9.38. The van der Waals surface area contributed by atoms with Gasteiger partial charge < -0.3 is 9.84 Å². The van der Waals surface area contributed by atoms with Crippen molar-refractivity contribution in [3.05, 3.63) is 12.7 Å². The second kappa shape index (κ2) is 9.71. The number of hydrogen-bond donors (Lipinski definition) is 1. The van der Waals surface area contributed by atoms with Crippen LogP contribution in [0.1, 0.15) is 45.4 Å². The lowest BCUT2D eigenvalue weighted by Gasteiger charge is -2.07. The van der Waals surface area contributed by atoms with Crippen LogP contribution in [-0.4, -0.2) is 23.8 Å². The van der Waals surface area contributed by atoms with Crippen molar-refractivity contribution in [1.29, 1.82) is 0 Å². The van der Waals surface area contributed by atoms with Crippen LogP contribution in [0.25, 0.3) is 0 Å². The molecule has 3 nitrogen and oxygen atoms in total. The fraction of sp³-hybridized carbons (Fsp3) is 0.750. The standard InChI is InChI=1S/C12H22O3/c1-3-8-12(14)9-6-4-5-7-10-15-11(2)13/h3,12,14H,1,4-10H2,2H3. The normalized spacial score (nSPS) is 12.1. The zero-order valence-corrected chi connectivity index (χ0v) is 9.58. The lowest BCUT2D eigenvalue weighted by atomic mass is 10.1. The molecule has 0 saturated carbocycles. The number of carbonyl (C=O) groups is 1. The minimum absolute atomic E-state index is 0.212. The maximum atomic E-state index is 10.4. The van der Waals surface area contributed by atoms with Gasteiger partial charge in [0.05, 0.1) is 12.7 Å². The van der Waals surface area contributed by atoms with Gasteiger partial charge in [-0.05, 0) is 19.3 Å². The van der Waals surface area contributed by atoms with Crippen LogP contribution < -0.4 is 0 Å². The van der Waals surface area contributed by atoms with E-state index in [2.05, 4.69) is 6.58 Å². The quantitative estimate of drug-likeness (QED) is 0.364. The topological polar surface area (TPSA) is 46.5 Å². The van der Waals surface area contributed by atoms with E-state index in [4.69, 9.17) is 4.74 Å². The monoisotopic (exact) mass is 214 g/mol. The Morgan fingerprint density at radius 2 is 2.07 bits per heavy atom. The maximum absolute atomic E-state index is 10.4. The molecule has 1 N–H and O–H groups in total. The highest BCUT2D eigenvalue weighted by molar-refractivity contribution is 5.65. The first-order chi connectivity index (χ1) is 7.16. The first kappa shape index (κ1) is 14.2. The first-order valence-electron chi connectivity index (χ1n) is 5.59. The second-order valence-corrected chi connectivity index (χ2v) is 3.72. The summed E-state index contributed by atoms with van der Waals surface area (Å²) in [6, 6.07) is 0. The number of carbonyl (C=O) groups excluding carboxylic acids is 1. The van der Waals surface area contributed by atoms with E-state index in [0.29, 0.717) is 13.0 Å². The van der Waals surface area contributed by atoms with E-state index in [0.717, 1.165) is 32.1 Å². The molecule has 0 aliphatic carbocycles. The molecule has 88 valence electrons. The Balaban J connectivity index is 3.10. The highest BCUT2D eigenvalue weighted by Gasteiger charge is 2.00. The molecule has 0 aliphatic rings. The molecule has 0 spiro atoms. The molecule has 3 heteroatoms. The van der Waals surface area contributed by atoms with Gasteiger partial charge in [0.1, 0.15) is 0 Å². The molecular formula is C12H22O3. The number of aliphatic hydroxyl groups excluding tert-OH is 1. The third-order valence-corrected chi connectivity index (χ3v) is 2.18. The Hall–Kier alpha value is -0.830. The lowest BCUT2D eigenvalue weighted by molar-refractivity contribution is -0.141. The predicted molar refractivity (Wildman–Crippen MR) is 60.5 cm³/mol. The zero-order chi connectivity index (χ0) is 11.5. The summed E-state index contributed by atoms with van der Waals surface area (Å²) in [4.78, 5) is 10.4. The maximum Gasteiger partial charge on any atom is 0.302 e. The Morgan fingerprint density at radius 1 is 1.40 bits per heavy atom. The predicted octanol–water partition coefficient (Wildman–Crippen LogP) is 2.44. The highest BCUT2D eigenvalue weighted by Crippen LogP contribution is 2.08. The molecule has 0 amide bonds. The van der Waals surface area contributed by atoms with E-state index in [1.807, 2.05) is 0 Å². The van der Waals surface area contributed by atoms with Crippen LogP contribution in [0.2, 0.25) is 0 Å². The van der Waals surface area contributed by atoms with Crippen molar-refractivity contribution in [3.8, 4) is 0 Å². The smallest absolute Gasteiger partial charge is 0.302 e. The van der Waals surface area contributed by atoms with E-state index in [9.17, 15) is 9.90 Å². The summed E-state index contributed by atoms with van der Waals surface area (Å²) in [5.41, 5.74) is 0. The number of aliphatic hydroxyl groups is 1. The van der Waals surface area contributed by atoms with Gasteiger partial charge in [-0.1, -0.05) is 25.3 Å². The van der Waals surface area contributed by atoms with Crippen molar-refractivity contribution in [2.45, 2.75) is 51.6 Å². The van der Waals surface area contributed by atoms with Gasteiger partial charge in [0, 0.05) is 6.92 Å². The highest BCUT2D eigenvalue weighted by atomic mass is 16.5. The molecule has 0 heterocycles. The fourth-order valence-electron chi connectivity index (χ4n) is 1.36. The minimum atomic E-state index is -0.240. The molecule has 0 bridgehead atoms. The molecule has 0 aromatic heterocycles. The van der Waals surface area contributed by atoms with Gasteiger partial charge in [-0.3, -0.25) is 4.79 Å². The number of unbranched alkanes of at least 4 members (excludes halogenated alkanes) is 3. The van der Waals surface area contributed by atoms with E-state index in [1.54, 1.807) is 6.08 Å². The fourth-order valence-corrected chi connectivity index (χ4v) is 1.36. The number of ether oxygens (including phenoxy) is 1.